The van der Waals surface area contributed by atoms with E-state index in [-0.39, 0.29) is 24.5 Å². The van der Waals surface area contributed by atoms with Gasteiger partial charge in [0.15, 0.2) is 0 Å². The van der Waals surface area contributed by atoms with Crippen molar-refractivity contribution >= 4 is 5.91 Å². The Bertz CT molecular complexity index is 164. The lowest BCUT2D eigenvalue weighted by Gasteiger charge is -2.26. The molecule has 13 heavy (non-hydrogen) atoms. The number of amides is 1. The van der Waals surface area contributed by atoms with Crippen LogP contribution in [0.1, 0.15) is 25.7 Å². The molecule has 0 atom stereocenters. The molecule has 0 saturated heterocycles. The summed E-state index contributed by atoms with van der Waals surface area (Å²) < 4.78 is 5.36. The molecule has 1 aliphatic carbocycles. The van der Waals surface area contributed by atoms with E-state index in [0.717, 1.165) is 25.7 Å². The lowest BCUT2D eigenvalue weighted by atomic mass is 9.87. The molecular formula is C9H17NO3. The molecule has 1 amide bonds. The maximum atomic E-state index is 10.8. The fourth-order valence-corrected chi connectivity index (χ4v) is 1.73. The van der Waals surface area contributed by atoms with Crippen molar-refractivity contribution < 1.29 is 14.6 Å². The molecule has 76 valence electrons. The van der Waals surface area contributed by atoms with Crippen LogP contribution in [0, 0.1) is 5.92 Å². The number of hydrogen-bond donors (Lipinski definition) is 2. The molecular weight excluding hydrogens is 170 g/mol. The van der Waals surface area contributed by atoms with E-state index < -0.39 is 0 Å². The molecule has 0 aromatic heterocycles. The lowest BCUT2D eigenvalue weighted by Crippen LogP contribution is -2.30. The van der Waals surface area contributed by atoms with Crippen LogP contribution in [0.3, 0.4) is 0 Å². The van der Waals surface area contributed by atoms with Gasteiger partial charge in [-0.15, -0.1) is 0 Å². The van der Waals surface area contributed by atoms with Gasteiger partial charge < -0.3 is 15.6 Å². The molecule has 0 heterocycles. The second-order valence-corrected chi connectivity index (χ2v) is 3.47. The van der Waals surface area contributed by atoms with Crippen molar-refractivity contribution in [1.29, 1.82) is 0 Å². The zero-order chi connectivity index (χ0) is 9.68. The summed E-state index contributed by atoms with van der Waals surface area (Å²) in [6.45, 7) is 0.460. The number of nitrogens with two attached hydrogens (primary N) is 1. The Balaban J connectivity index is 2.18. The predicted octanol–water partition coefficient (Wildman–Crippen LogP) is 0.0394. The van der Waals surface area contributed by atoms with Crippen LogP contribution in [0.2, 0.25) is 0 Å². The number of ether oxygens (including phenoxy) is 1. The van der Waals surface area contributed by atoms with Crippen LogP contribution in [-0.4, -0.2) is 30.3 Å². The minimum Gasteiger partial charge on any atom is -0.394 e. The minimum atomic E-state index is -0.194. The van der Waals surface area contributed by atoms with Gasteiger partial charge in [0, 0.05) is 5.92 Å². The van der Waals surface area contributed by atoms with Gasteiger partial charge in [0.25, 0.3) is 0 Å². The van der Waals surface area contributed by atoms with Crippen molar-refractivity contribution in [3.05, 3.63) is 0 Å². The van der Waals surface area contributed by atoms with Crippen LogP contribution in [-0.2, 0) is 9.53 Å². The van der Waals surface area contributed by atoms with Crippen LogP contribution in [0.15, 0.2) is 0 Å². The Morgan fingerprint density at radius 3 is 2.46 bits per heavy atom. The van der Waals surface area contributed by atoms with Crippen molar-refractivity contribution in [3.63, 3.8) is 0 Å². The average Bonchev–Trinajstić information content (AvgIpc) is 2.15. The first-order chi connectivity index (χ1) is 6.24. The molecule has 1 rings (SSSR count). The van der Waals surface area contributed by atoms with E-state index in [9.17, 15) is 4.79 Å². The molecule has 0 aliphatic heterocycles. The van der Waals surface area contributed by atoms with Crippen LogP contribution in [0.4, 0.5) is 0 Å². The first-order valence-corrected chi connectivity index (χ1v) is 4.76. The average molecular weight is 187 g/mol. The van der Waals surface area contributed by atoms with Crippen molar-refractivity contribution in [2.45, 2.75) is 31.8 Å². The van der Waals surface area contributed by atoms with Crippen LogP contribution >= 0.6 is 0 Å². The van der Waals surface area contributed by atoms with Crippen LogP contribution in [0.25, 0.3) is 0 Å². The van der Waals surface area contributed by atoms with E-state index in [1.807, 2.05) is 0 Å². The number of rotatable bonds is 4. The second kappa shape index (κ2) is 5.19. The summed E-state index contributed by atoms with van der Waals surface area (Å²) in [5.74, 6) is -0.158. The molecule has 0 spiro atoms. The Kier molecular flexibility index (Phi) is 4.18. The molecule has 0 aromatic rings. The molecule has 4 nitrogen and oxygen atoms in total. The number of hydrogen-bond acceptors (Lipinski definition) is 3. The van der Waals surface area contributed by atoms with E-state index in [0.29, 0.717) is 6.61 Å². The van der Waals surface area contributed by atoms with Crippen LogP contribution in [0.5, 0.6) is 0 Å². The zero-order valence-electron chi connectivity index (χ0n) is 7.74. The number of carbonyl (C=O) groups excluding carboxylic acids is 1. The summed E-state index contributed by atoms with van der Waals surface area (Å²) in [6.07, 6.45) is 3.63. The summed E-state index contributed by atoms with van der Waals surface area (Å²) in [5.41, 5.74) is 5.19. The second-order valence-electron chi connectivity index (χ2n) is 3.47. The normalized spacial score (nSPS) is 28.7. The van der Waals surface area contributed by atoms with Crippen LogP contribution < -0.4 is 5.73 Å². The Morgan fingerprint density at radius 2 is 2.00 bits per heavy atom. The van der Waals surface area contributed by atoms with Crippen molar-refractivity contribution in [2.24, 2.45) is 11.7 Å². The highest BCUT2D eigenvalue weighted by Crippen LogP contribution is 2.25. The largest absolute Gasteiger partial charge is 0.394 e. The van der Waals surface area contributed by atoms with Gasteiger partial charge in [-0.1, -0.05) is 0 Å². The SMILES string of the molecule is NC(=O)C1CCC(OCCO)CC1. The Morgan fingerprint density at radius 1 is 1.38 bits per heavy atom. The number of aliphatic hydroxyl groups is 1. The smallest absolute Gasteiger partial charge is 0.220 e. The molecule has 1 aliphatic rings. The predicted molar refractivity (Wildman–Crippen MR) is 48.0 cm³/mol. The van der Waals surface area contributed by atoms with E-state index in [2.05, 4.69) is 0 Å². The number of primary amides is 1. The zero-order valence-corrected chi connectivity index (χ0v) is 7.74. The van der Waals surface area contributed by atoms with E-state index in [4.69, 9.17) is 15.6 Å². The highest BCUT2D eigenvalue weighted by Gasteiger charge is 2.24. The van der Waals surface area contributed by atoms with Gasteiger partial charge in [0.2, 0.25) is 5.91 Å². The fraction of sp³-hybridized carbons (Fsp3) is 0.889. The standard InChI is InChI=1S/C9H17NO3/c10-9(12)7-1-3-8(4-2-7)13-6-5-11/h7-8,11H,1-6H2,(H2,10,12). The molecule has 0 radical (unpaired) electrons. The molecule has 4 heteroatoms. The van der Waals surface area contributed by atoms with E-state index >= 15 is 0 Å². The summed E-state index contributed by atoms with van der Waals surface area (Å²) in [7, 11) is 0. The van der Waals surface area contributed by atoms with Gasteiger partial charge >= 0.3 is 0 Å². The van der Waals surface area contributed by atoms with Gasteiger partial charge in [-0.3, -0.25) is 4.79 Å². The number of carbonyl (C=O) groups is 1. The highest BCUT2D eigenvalue weighted by atomic mass is 16.5. The molecule has 3 N–H and O–H groups in total. The highest BCUT2D eigenvalue weighted by molar-refractivity contribution is 5.76. The van der Waals surface area contributed by atoms with Gasteiger partial charge in [0.05, 0.1) is 19.3 Å². The third-order valence-corrected chi connectivity index (χ3v) is 2.52. The minimum absolute atomic E-state index is 0.0361. The molecule has 0 bridgehead atoms. The van der Waals surface area contributed by atoms with Gasteiger partial charge in [-0.05, 0) is 25.7 Å². The number of aliphatic hydroxyl groups excluding tert-OH is 1. The maximum absolute atomic E-state index is 10.8. The van der Waals surface area contributed by atoms with Crippen molar-refractivity contribution in [3.8, 4) is 0 Å². The lowest BCUT2D eigenvalue weighted by molar-refractivity contribution is -0.123. The van der Waals surface area contributed by atoms with Crippen molar-refractivity contribution in [2.75, 3.05) is 13.2 Å². The van der Waals surface area contributed by atoms with Crippen molar-refractivity contribution in [1.82, 2.24) is 0 Å². The fourth-order valence-electron chi connectivity index (χ4n) is 1.73. The maximum Gasteiger partial charge on any atom is 0.220 e. The summed E-state index contributed by atoms with van der Waals surface area (Å²) >= 11 is 0. The monoisotopic (exact) mass is 187 g/mol. The molecule has 0 aromatic carbocycles. The summed E-state index contributed by atoms with van der Waals surface area (Å²) in [6, 6.07) is 0. The van der Waals surface area contributed by atoms with Gasteiger partial charge in [-0.2, -0.15) is 0 Å². The summed E-state index contributed by atoms with van der Waals surface area (Å²) in [4.78, 5) is 10.8. The van der Waals surface area contributed by atoms with E-state index in [1.54, 1.807) is 0 Å². The molecule has 1 saturated carbocycles. The van der Waals surface area contributed by atoms with Gasteiger partial charge in [0.1, 0.15) is 0 Å². The topological polar surface area (TPSA) is 72.6 Å². The third kappa shape index (κ3) is 3.32. The van der Waals surface area contributed by atoms with Gasteiger partial charge in [-0.25, -0.2) is 0 Å². The Hall–Kier alpha value is -0.610. The molecule has 1 fully saturated rings. The Labute approximate surface area is 78.1 Å². The van der Waals surface area contributed by atoms with E-state index in [1.165, 1.54) is 0 Å². The first-order valence-electron chi connectivity index (χ1n) is 4.76. The summed E-state index contributed by atoms with van der Waals surface area (Å²) in [5, 5.41) is 8.54. The quantitative estimate of drug-likeness (QED) is 0.652. The first kappa shape index (κ1) is 10.5. The third-order valence-electron chi connectivity index (χ3n) is 2.52. The molecule has 0 unspecified atom stereocenters.